The summed E-state index contributed by atoms with van der Waals surface area (Å²) in [5, 5.41) is 9.67. The summed E-state index contributed by atoms with van der Waals surface area (Å²) in [7, 11) is -3.45. The van der Waals surface area contributed by atoms with Crippen LogP contribution in [0.5, 0.6) is 0 Å². The molecule has 1 atom stereocenters. The molecule has 0 rings (SSSR count). The first-order valence-electron chi connectivity index (χ1n) is 4.28. The number of aliphatic hydroxyl groups is 1. The second kappa shape index (κ2) is 5.92. The fourth-order valence-corrected chi connectivity index (χ4v) is 2.56. The molecule has 0 heterocycles. The topological polar surface area (TPSA) is 78.4 Å². The highest BCUT2D eigenvalue weighted by Crippen LogP contribution is 2.09. The van der Waals surface area contributed by atoms with Crippen LogP contribution in [-0.4, -0.2) is 44.2 Å². The molecular weight excluding hydrogens is 224 g/mol. The van der Waals surface area contributed by atoms with Gasteiger partial charge >= 0.3 is 0 Å². The highest BCUT2D eigenvalue weighted by Gasteiger charge is 2.22. The summed E-state index contributed by atoms with van der Waals surface area (Å²) in [6.45, 7) is 3.64. The summed E-state index contributed by atoms with van der Waals surface area (Å²) in [4.78, 5) is 0. The van der Waals surface area contributed by atoms with Gasteiger partial charge in [0.1, 0.15) is 0 Å². The molecule has 0 aliphatic carbocycles. The number of thioether (sulfide) groups is 1. The average molecular weight is 242 g/mol. The maximum atomic E-state index is 11.1. The standard InChI is InChI=1S/C7H18N2O3S2/c1-4-8-14(11,12)9-5-7(2,10)6-13-3/h8-10H,4-6H2,1-3H3. The van der Waals surface area contributed by atoms with Crippen molar-refractivity contribution in [2.75, 3.05) is 25.1 Å². The molecule has 0 bridgehead atoms. The summed E-state index contributed by atoms with van der Waals surface area (Å²) in [6.07, 6.45) is 1.85. The van der Waals surface area contributed by atoms with Crippen molar-refractivity contribution in [3.8, 4) is 0 Å². The van der Waals surface area contributed by atoms with Crippen LogP contribution >= 0.6 is 11.8 Å². The van der Waals surface area contributed by atoms with Crippen LogP contribution in [0.4, 0.5) is 0 Å². The van der Waals surface area contributed by atoms with E-state index in [4.69, 9.17) is 0 Å². The van der Waals surface area contributed by atoms with Gasteiger partial charge in [0.25, 0.3) is 10.2 Å². The van der Waals surface area contributed by atoms with Gasteiger partial charge in [-0.25, -0.2) is 4.72 Å². The highest BCUT2D eigenvalue weighted by atomic mass is 32.2. The SMILES string of the molecule is CCNS(=O)(=O)NCC(C)(O)CSC. The number of nitrogens with one attached hydrogen (secondary N) is 2. The van der Waals surface area contributed by atoms with Crippen LogP contribution in [0.1, 0.15) is 13.8 Å². The minimum absolute atomic E-state index is 0.0170. The summed E-state index contributed by atoms with van der Waals surface area (Å²) in [5.74, 6) is 0.488. The summed E-state index contributed by atoms with van der Waals surface area (Å²) >= 11 is 1.47. The van der Waals surface area contributed by atoms with Crippen LogP contribution in [0.25, 0.3) is 0 Å². The van der Waals surface area contributed by atoms with Crippen molar-refractivity contribution in [2.24, 2.45) is 0 Å². The summed E-state index contributed by atoms with van der Waals surface area (Å²) in [6, 6.07) is 0. The fraction of sp³-hybridized carbons (Fsp3) is 1.00. The Morgan fingerprint density at radius 3 is 2.43 bits per heavy atom. The molecule has 0 aromatic carbocycles. The van der Waals surface area contributed by atoms with E-state index in [-0.39, 0.29) is 6.54 Å². The maximum Gasteiger partial charge on any atom is 0.276 e. The third kappa shape index (κ3) is 6.61. The second-order valence-electron chi connectivity index (χ2n) is 3.25. The van der Waals surface area contributed by atoms with E-state index in [0.717, 1.165) is 0 Å². The highest BCUT2D eigenvalue weighted by molar-refractivity contribution is 7.98. The molecule has 0 fully saturated rings. The Bertz CT molecular complexity index is 252. The van der Waals surface area contributed by atoms with Crippen molar-refractivity contribution in [3.05, 3.63) is 0 Å². The molecule has 86 valence electrons. The van der Waals surface area contributed by atoms with Gasteiger partial charge in [0.15, 0.2) is 0 Å². The van der Waals surface area contributed by atoms with Crippen molar-refractivity contribution < 1.29 is 13.5 Å². The number of hydrogen-bond donors (Lipinski definition) is 3. The lowest BCUT2D eigenvalue weighted by atomic mass is 10.1. The molecule has 7 heteroatoms. The van der Waals surface area contributed by atoms with E-state index in [1.165, 1.54) is 11.8 Å². The minimum atomic E-state index is -3.45. The molecule has 0 amide bonds. The van der Waals surface area contributed by atoms with E-state index in [2.05, 4.69) is 9.44 Å². The number of rotatable bonds is 7. The Labute approximate surface area is 89.8 Å². The zero-order valence-electron chi connectivity index (χ0n) is 8.70. The van der Waals surface area contributed by atoms with E-state index >= 15 is 0 Å². The first kappa shape index (κ1) is 14.2. The zero-order chi connectivity index (χ0) is 11.2. The van der Waals surface area contributed by atoms with Gasteiger partial charge in [-0.1, -0.05) is 6.92 Å². The predicted octanol–water partition coefficient (Wildman–Crippen LogP) is -0.456. The van der Waals surface area contributed by atoms with Gasteiger partial charge in [-0.2, -0.15) is 24.9 Å². The van der Waals surface area contributed by atoms with Gasteiger partial charge < -0.3 is 5.11 Å². The van der Waals surface area contributed by atoms with Gasteiger partial charge in [-0.3, -0.25) is 0 Å². The zero-order valence-corrected chi connectivity index (χ0v) is 10.3. The molecular formula is C7H18N2O3S2. The van der Waals surface area contributed by atoms with E-state index in [1.807, 2.05) is 6.26 Å². The lowest BCUT2D eigenvalue weighted by Gasteiger charge is -2.22. The van der Waals surface area contributed by atoms with Crippen molar-refractivity contribution in [1.29, 1.82) is 0 Å². The lowest BCUT2D eigenvalue weighted by Crippen LogP contribution is -2.46. The third-order valence-electron chi connectivity index (χ3n) is 1.43. The van der Waals surface area contributed by atoms with Gasteiger partial charge in [0.2, 0.25) is 0 Å². The van der Waals surface area contributed by atoms with Crippen LogP contribution in [0, 0.1) is 0 Å². The van der Waals surface area contributed by atoms with E-state index in [1.54, 1.807) is 13.8 Å². The Morgan fingerprint density at radius 1 is 1.43 bits per heavy atom. The van der Waals surface area contributed by atoms with Crippen molar-refractivity contribution in [2.45, 2.75) is 19.4 Å². The van der Waals surface area contributed by atoms with Crippen molar-refractivity contribution in [3.63, 3.8) is 0 Å². The molecule has 0 aliphatic heterocycles. The fourth-order valence-electron chi connectivity index (χ4n) is 0.854. The molecule has 0 aliphatic rings. The van der Waals surface area contributed by atoms with Gasteiger partial charge in [0.05, 0.1) is 5.60 Å². The molecule has 0 saturated heterocycles. The monoisotopic (exact) mass is 242 g/mol. The Balaban J connectivity index is 4.04. The molecule has 3 N–H and O–H groups in total. The largest absolute Gasteiger partial charge is 0.388 e. The average Bonchev–Trinajstić information content (AvgIpc) is 2.01. The van der Waals surface area contributed by atoms with Gasteiger partial charge in [-0.05, 0) is 13.2 Å². The molecule has 0 aromatic rings. The Morgan fingerprint density at radius 2 is 2.00 bits per heavy atom. The first-order chi connectivity index (χ1) is 6.33. The first-order valence-corrected chi connectivity index (χ1v) is 7.16. The molecule has 0 saturated carbocycles. The van der Waals surface area contributed by atoms with Gasteiger partial charge in [-0.15, -0.1) is 0 Å². The van der Waals surface area contributed by atoms with Crippen LogP contribution in [-0.2, 0) is 10.2 Å². The van der Waals surface area contributed by atoms with Crippen molar-refractivity contribution in [1.82, 2.24) is 9.44 Å². The van der Waals surface area contributed by atoms with Crippen LogP contribution in [0.15, 0.2) is 0 Å². The molecule has 1 unspecified atom stereocenters. The molecule has 0 radical (unpaired) electrons. The van der Waals surface area contributed by atoms with E-state index in [0.29, 0.717) is 12.3 Å². The van der Waals surface area contributed by atoms with Crippen molar-refractivity contribution >= 4 is 22.0 Å². The molecule has 0 aromatic heterocycles. The second-order valence-corrected chi connectivity index (χ2v) is 5.70. The third-order valence-corrected chi connectivity index (χ3v) is 3.54. The smallest absolute Gasteiger partial charge is 0.276 e. The summed E-state index contributed by atoms with van der Waals surface area (Å²) in [5.41, 5.74) is -1.01. The normalized spacial score (nSPS) is 16.6. The van der Waals surface area contributed by atoms with Gasteiger partial charge in [0, 0.05) is 18.8 Å². The van der Waals surface area contributed by atoms with Crippen LogP contribution in [0.3, 0.4) is 0 Å². The predicted molar refractivity (Wildman–Crippen MR) is 59.6 cm³/mol. The number of hydrogen-bond acceptors (Lipinski definition) is 4. The molecule has 5 nitrogen and oxygen atoms in total. The quantitative estimate of drug-likeness (QED) is 0.565. The van der Waals surface area contributed by atoms with Crippen LogP contribution in [0.2, 0.25) is 0 Å². The summed E-state index contributed by atoms with van der Waals surface area (Å²) < 4.78 is 26.8. The molecule has 14 heavy (non-hydrogen) atoms. The Hall–Kier alpha value is 0.180. The maximum absolute atomic E-state index is 11.1. The van der Waals surface area contributed by atoms with E-state index < -0.39 is 15.8 Å². The molecule has 0 spiro atoms. The minimum Gasteiger partial charge on any atom is -0.388 e. The Kier molecular flexibility index (Phi) is 5.99. The van der Waals surface area contributed by atoms with E-state index in [9.17, 15) is 13.5 Å². The van der Waals surface area contributed by atoms with Crippen LogP contribution < -0.4 is 9.44 Å². The lowest BCUT2D eigenvalue weighted by molar-refractivity contribution is 0.0908.